The maximum absolute atomic E-state index is 5.94. The van der Waals surface area contributed by atoms with Gasteiger partial charge in [0.05, 0.1) is 5.52 Å². The molecule has 0 bridgehead atoms. The first-order chi connectivity index (χ1) is 9.70. The molecule has 2 N–H and O–H groups in total. The number of rotatable bonds is 5. The van der Waals surface area contributed by atoms with Gasteiger partial charge in [0, 0.05) is 35.2 Å². The van der Waals surface area contributed by atoms with Gasteiger partial charge in [-0.2, -0.15) is 0 Å². The zero-order chi connectivity index (χ0) is 14.1. The molecule has 21 heavy (non-hydrogen) atoms. The molecule has 1 aromatic heterocycles. The Hall–Kier alpha value is -0.680. The molecular weight excluding hydrogens is 350 g/mol. The van der Waals surface area contributed by atoms with Crippen molar-refractivity contribution in [3.63, 3.8) is 0 Å². The lowest BCUT2D eigenvalue weighted by Crippen LogP contribution is -2.39. The molecule has 0 radical (unpaired) electrons. The van der Waals surface area contributed by atoms with Crippen LogP contribution in [0.15, 0.2) is 34.9 Å². The summed E-state index contributed by atoms with van der Waals surface area (Å²) < 4.78 is 1.10. The summed E-state index contributed by atoms with van der Waals surface area (Å²) in [6.45, 7) is 1.64. The number of nitrogens with zero attached hydrogens (tertiary/aromatic N) is 2. The third kappa shape index (κ3) is 3.57. The third-order valence-corrected chi connectivity index (χ3v) is 4.89. The van der Waals surface area contributed by atoms with Gasteiger partial charge in [-0.3, -0.25) is 9.88 Å². The minimum Gasteiger partial charge on any atom is -0.329 e. The number of hydrogen-bond donors (Lipinski definition) is 1. The molecule has 2 aromatic rings. The average Bonchev–Trinajstić information content (AvgIpc) is 3.28. The summed E-state index contributed by atoms with van der Waals surface area (Å²) in [5, 5.41) is 1.18. The van der Waals surface area contributed by atoms with Crippen LogP contribution >= 0.6 is 28.3 Å². The van der Waals surface area contributed by atoms with Crippen molar-refractivity contribution in [3.05, 3.63) is 40.5 Å². The lowest BCUT2D eigenvalue weighted by Gasteiger charge is -2.27. The van der Waals surface area contributed by atoms with Crippen LogP contribution in [-0.2, 0) is 6.54 Å². The molecule has 0 saturated heterocycles. The average molecular weight is 371 g/mol. The summed E-state index contributed by atoms with van der Waals surface area (Å²) in [5.74, 6) is 0.791. The molecule has 1 aliphatic rings. The highest BCUT2D eigenvalue weighted by Crippen LogP contribution is 2.35. The van der Waals surface area contributed by atoms with Crippen molar-refractivity contribution in [1.82, 2.24) is 9.88 Å². The molecule has 1 heterocycles. The summed E-state index contributed by atoms with van der Waals surface area (Å²) in [6, 6.07) is 8.86. The number of pyridine rings is 1. The fourth-order valence-corrected chi connectivity index (χ4v) is 3.38. The number of benzene rings is 1. The highest BCUT2D eigenvalue weighted by atomic mass is 79.9. The lowest BCUT2D eigenvalue weighted by molar-refractivity contribution is 0.216. The Morgan fingerprint density at radius 2 is 2.14 bits per heavy atom. The van der Waals surface area contributed by atoms with Crippen LogP contribution in [0.3, 0.4) is 0 Å². The smallest absolute Gasteiger partial charge is 0.0758 e. The SMILES string of the molecule is CN(Cc1ccc(Br)c2cccnc12)C(CN)C1CC1.Cl. The first kappa shape index (κ1) is 16.7. The van der Waals surface area contributed by atoms with Crippen LogP contribution in [0.5, 0.6) is 0 Å². The number of halogens is 2. The monoisotopic (exact) mass is 369 g/mol. The number of hydrogen-bond acceptors (Lipinski definition) is 3. The van der Waals surface area contributed by atoms with E-state index < -0.39 is 0 Å². The molecule has 0 amide bonds. The molecule has 0 aliphatic heterocycles. The first-order valence-electron chi connectivity index (χ1n) is 7.13. The quantitative estimate of drug-likeness (QED) is 0.874. The summed E-state index contributed by atoms with van der Waals surface area (Å²) in [5.41, 5.74) is 8.29. The van der Waals surface area contributed by atoms with Crippen LogP contribution in [0.1, 0.15) is 18.4 Å². The molecule has 1 aromatic carbocycles. The van der Waals surface area contributed by atoms with Crippen molar-refractivity contribution in [2.45, 2.75) is 25.4 Å². The van der Waals surface area contributed by atoms with Crippen molar-refractivity contribution < 1.29 is 0 Å². The molecule has 114 valence electrons. The molecule has 3 rings (SSSR count). The van der Waals surface area contributed by atoms with Crippen LogP contribution in [0, 0.1) is 5.92 Å². The van der Waals surface area contributed by atoms with Gasteiger partial charge in [-0.25, -0.2) is 0 Å². The Bertz CT molecular complexity index is 615. The summed E-state index contributed by atoms with van der Waals surface area (Å²) >= 11 is 3.60. The fraction of sp³-hybridized carbons (Fsp3) is 0.438. The minimum absolute atomic E-state index is 0. The highest BCUT2D eigenvalue weighted by molar-refractivity contribution is 9.10. The molecule has 3 nitrogen and oxygen atoms in total. The van der Waals surface area contributed by atoms with Gasteiger partial charge in [0.1, 0.15) is 0 Å². The van der Waals surface area contributed by atoms with Gasteiger partial charge < -0.3 is 5.73 Å². The summed E-state index contributed by atoms with van der Waals surface area (Å²) in [4.78, 5) is 6.94. The second-order valence-corrected chi connectivity index (χ2v) is 6.52. The lowest BCUT2D eigenvalue weighted by atomic mass is 10.1. The van der Waals surface area contributed by atoms with Gasteiger partial charge >= 0.3 is 0 Å². The van der Waals surface area contributed by atoms with Crippen molar-refractivity contribution in [2.75, 3.05) is 13.6 Å². The summed E-state index contributed by atoms with van der Waals surface area (Å²) in [7, 11) is 2.17. The Morgan fingerprint density at radius 3 is 2.81 bits per heavy atom. The van der Waals surface area contributed by atoms with Crippen molar-refractivity contribution in [1.29, 1.82) is 0 Å². The Balaban J connectivity index is 0.00000161. The number of aromatic nitrogens is 1. The number of likely N-dealkylation sites (N-methyl/N-ethyl adjacent to an activating group) is 1. The van der Waals surface area contributed by atoms with E-state index in [9.17, 15) is 0 Å². The van der Waals surface area contributed by atoms with Gasteiger partial charge in [-0.15, -0.1) is 12.4 Å². The van der Waals surface area contributed by atoms with E-state index in [1.54, 1.807) is 0 Å². The summed E-state index contributed by atoms with van der Waals surface area (Å²) in [6.07, 6.45) is 4.51. The second-order valence-electron chi connectivity index (χ2n) is 5.66. The van der Waals surface area contributed by atoms with Crippen molar-refractivity contribution >= 4 is 39.2 Å². The molecule has 1 aliphatic carbocycles. The Labute approximate surface area is 140 Å². The molecule has 1 unspecified atom stereocenters. The van der Waals surface area contributed by atoms with Crippen LogP contribution in [0.4, 0.5) is 0 Å². The van der Waals surface area contributed by atoms with Crippen LogP contribution in [0.2, 0.25) is 0 Å². The first-order valence-corrected chi connectivity index (χ1v) is 7.92. The van der Waals surface area contributed by atoms with Crippen LogP contribution in [-0.4, -0.2) is 29.5 Å². The molecule has 5 heteroatoms. The van der Waals surface area contributed by atoms with E-state index in [-0.39, 0.29) is 12.4 Å². The maximum Gasteiger partial charge on any atom is 0.0758 e. The van der Waals surface area contributed by atoms with E-state index in [1.807, 2.05) is 12.3 Å². The zero-order valence-corrected chi connectivity index (χ0v) is 14.5. The molecule has 0 spiro atoms. The van der Waals surface area contributed by atoms with Crippen molar-refractivity contribution in [3.8, 4) is 0 Å². The van der Waals surface area contributed by atoms with Gasteiger partial charge in [0.2, 0.25) is 0 Å². The zero-order valence-electron chi connectivity index (χ0n) is 12.1. The van der Waals surface area contributed by atoms with E-state index in [0.29, 0.717) is 6.04 Å². The van der Waals surface area contributed by atoms with Crippen LogP contribution in [0.25, 0.3) is 10.9 Å². The third-order valence-electron chi connectivity index (χ3n) is 4.19. The second kappa shape index (κ2) is 7.05. The van der Waals surface area contributed by atoms with E-state index in [2.05, 4.69) is 51.1 Å². The largest absolute Gasteiger partial charge is 0.329 e. The van der Waals surface area contributed by atoms with Gasteiger partial charge in [0.25, 0.3) is 0 Å². The van der Waals surface area contributed by atoms with Crippen LogP contribution < -0.4 is 5.73 Å². The van der Waals surface area contributed by atoms with Crippen molar-refractivity contribution in [2.24, 2.45) is 11.7 Å². The van der Waals surface area contributed by atoms with E-state index in [1.165, 1.54) is 23.8 Å². The van der Waals surface area contributed by atoms with Gasteiger partial charge in [-0.05, 0) is 43.5 Å². The molecule has 1 atom stereocenters. The van der Waals surface area contributed by atoms with E-state index in [0.717, 1.165) is 29.0 Å². The van der Waals surface area contributed by atoms with Gasteiger partial charge in [0.15, 0.2) is 0 Å². The van der Waals surface area contributed by atoms with Gasteiger partial charge in [-0.1, -0.05) is 28.1 Å². The molecule has 1 fully saturated rings. The van der Waals surface area contributed by atoms with E-state index >= 15 is 0 Å². The predicted molar refractivity (Wildman–Crippen MR) is 93.7 cm³/mol. The standard InChI is InChI=1S/C16H20BrN3.ClH/c1-20(15(9-18)11-4-5-11)10-12-6-7-14(17)13-3-2-8-19-16(12)13;/h2-3,6-8,11,15H,4-5,9-10,18H2,1H3;1H. The fourth-order valence-electron chi connectivity index (χ4n) is 2.92. The highest BCUT2D eigenvalue weighted by Gasteiger charge is 2.32. The number of nitrogens with two attached hydrogens (primary N) is 1. The molecule has 1 saturated carbocycles. The van der Waals surface area contributed by atoms with E-state index in [4.69, 9.17) is 5.73 Å². The number of fused-ring (bicyclic) bond motifs is 1. The molecular formula is C16H21BrClN3. The maximum atomic E-state index is 5.94. The topological polar surface area (TPSA) is 42.2 Å². The Morgan fingerprint density at radius 1 is 1.38 bits per heavy atom. The Kier molecular flexibility index (Phi) is 5.60. The normalized spacial score (nSPS) is 16.0. The predicted octanol–water partition coefficient (Wildman–Crippen LogP) is 3.59. The minimum atomic E-state index is 0.